The molecule has 1 unspecified atom stereocenters. The van der Waals surface area contributed by atoms with Crippen LogP contribution in [0.3, 0.4) is 0 Å². The molecule has 0 fully saturated rings. The number of nitrogens with one attached hydrogen (secondary N) is 1. The van der Waals surface area contributed by atoms with Crippen molar-refractivity contribution in [1.82, 2.24) is 10.2 Å². The highest BCUT2D eigenvalue weighted by molar-refractivity contribution is 8.02. The number of nitrogens with two attached hydrogens (primary N) is 1. The predicted molar refractivity (Wildman–Crippen MR) is 81.4 cm³/mol. The number of hydrogen-bond donors (Lipinski definition) is 2. The molecule has 0 saturated carbocycles. The fraction of sp³-hybridized carbons (Fsp3) is 0.273. The van der Waals surface area contributed by atoms with E-state index in [2.05, 4.69) is 15.5 Å². The highest BCUT2D eigenvalue weighted by Crippen LogP contribution is 2.28. The van der Waals surface area contributed by atoms with Crippen LogP contribution in [0.2, 0.25) is 0 Å². The Morgan fingerprint density at radius 2 is 2.20 bits per heavy atom. The molecule has 0 bridgehead atoms. The van der Waals surface area contributed by atoms with Crippen molar-refractivity contribution in [2.45, 2.75) is 23.4 Å². The highest BCUT2D eigenvalue weighted by Gasteiger charge is 2.19. The molecule has 2 rings (SSSR count). The third-order valence-electron chi connectivity index (χ3n) is 2.32. The minimum Gasteiger partial charge on any atom is -0.366 e. The fourth-order valence-electron chi connectivity index (χ4n) is 1.34. The summed E-state index contributed by atoms with van der Waals surface area (Å²) in [6, 6.07) is 1.59. The first-order valence-corrected chi connectivity index (χ1v) is 8.20. The molecule has 2 amide bonds. The first-order chi connectivity index (χ1) is 9.47. The summed E-state index contributed by atoms with van der Waals surface area (Å²) in [4.78, 5) is 23.3. The van der Waals surface area contributed by atoms with Gasteiger partial charge in [-0.2, -0.15) is 0 Å². The van der Waals surface area contributed by atoms with Gasteiger partial charge in [-0.05, 0) is 25.3 Å². The van der Waals surface area contributed by atoms with E-state index in [1.807, 2.05) is 6.92 Å². The molecule has 6 nitrogen and oxygen atoms in total. The number of thiophene rings is 1. The molecule has 0 spiro atoms. The van der Waals surface area contributed by atoms with E-state index in [1.165, 1.54) is 34.4 Å². The molecule has 106 valence electrons. The van der Waals surface area contributed by atoms with E-state index in [4.69, 9.17) is 5.73 Å². The lowest BCUT2D eigenvalue weighted by atomic mass is 10.3. The molecule has 0 aliphatic carbocycles. The van der Waals surface area contributed by atoms with Gasteiger partial charge in [0.05, 0.1) is 10.8 Å². The zero-order chi connectivity index (χ0) is 14.7. The van der Waals surface area contributed by atoms with Crippen molar-refractivity contribution in [1.29, 1.82) is 0 Å². The number of rotatable bonds is 5. The van der Waals surface area contributed by atoms with E-state index >= 15 is 0 Å². The van der Waals surface area contributed by atoms with Crippen molar-refractivity contribution in [2.75, 3.05) is 5.32 Å². The Labute approximate surface area is 127 Å². The molecule has 0 aromatic carbocycles. The number of aromatic nitrogens is 2. The van der Waals surface area contributed by atoms with E-state index in [0.29, 0.717) is 10.6 Å². The summed E-state index contributed by atoms with van der Waals surface area (Å²) in [6.07, 6.45) is 0. The Balaban J connectivity index is 2.00. The Morgan fingerprint density at radius 1 is 1.45 bits per heavy atom. The van der Waals surface area contributed by atoms with Crippen LogP contribution in [0.1, 0.15) is 22.3 Å². The van der Waals surface area contributed by atoms with Crippen LogP contribution >= 0.6 is 34.4 Å². The average molecular weight is 328 g/mol. The maximum Gasteiger partial charge on any atom is 0.251 e. The zero-order valence-electron chi connectivity index (χ0n) is 10.7. The van der Waals surface area contributed by atoms with E-state index in [-0.39, 0.29) is 11.2 Å². The van der Waals surface area contributed by atoms with Gasteiger partial charge in [0.25, 0.3) is 5.91 Å². The lowest BCUT2D eigenvalue weighted by Gasteiger charge is -2.09. The second kappa shape index (κ2) is 6.33. The summed E-state index contributed by atoms with van der Waals surface area (Å²) in [5.41, 5.74) is 5.56. The predicted octanol–water partition coefficient (Wildman–Crippen LogP) is 2.13. The van der Waals surface area contributed by atoms with Crippen LogP contribution in [-0.4, -0.2) is 27.3 Å². The van der Waals surface area contributed by atoms with E-state index < -0.39 is 5.91 Å². The summed E-state index contributed by atoms with van der Waals surface area (Å²) >= 11 is 4.04. The van der Waals surface area contributed by atoms with Gasteiger partial charge < -0.3 is 11.1 Å². The SMILES string of the molecule is Cc1nnc(SC(C)C(=O)Nc2sccc2C(N)=O)s1. The van der Waals surface area contributed by atoms with Crippen LogP contribution in [0.25, 0.3) is 0 Å². The monoisotopic (exact) mass is 328 g/mol. The topological polar surface area (TPSA) is 98.0 Å². The van der Waals surface area contributed by atoms with Crippen LogP contribution in [0.4, 0.5) is 5.00 Å². The largest absolute Gasteiger partial charge is 0.366 e. The second-order valence-corrected chi connectivity index (χ2v) is 7.55. The second-order valence-electron chi connectivity index (χ2n) is 3.86. The molecule has 1 atom stereocenters. The van der Waals surface area contributed by atoms with Gasteiger partial charge >= 0.3 is 0 Å². The van der Waals surface area contributed by atoms with Crippen LogP contribution in [0.5, 0.6) is 0 Å². The van der Waals surface area contributed by atoms with Crippen molar-refractivity contribution in [2.24, 2.45) is 5.73 Å². The first-order valence-electron chi connectivity index (χ1n) is 5.62. The lowest BCUT2D eigenvalue weighted by molar-refractivity contribution is -0.115. The molecule has 3 N–H and O–H groups in total. The fourth-order valence-corrected chi connectivity index (χ4v) is 4.10. The van der Waals surface area contributed by atoms with Crippen LogP contribution in [0, 0.1) is 6.92 Å². The number of carbonyl (C=O) groups is 2. The number of thioether (sulfide) groups is 1. The minimum atomic E-state index is -0.554. The number of aryl methyl sites for hydroxylation is 1. The Kier molecular flexibility index (Phi) is 4.73. The maximum absolute atomic E-state index is 12.1. The Morgan fingerprint density at radius 3 is 2.80 bits per heavy atom. The van der Waals surface area contributed by atoms with Crippen molar-refractivity contribution in [3.8, 4) is 0 Å². The lowest BCUT2D eigenvalue weighted by Crippen LogP contribution is -2.23. The Bertz CT molecular complexity index is 637. The van der Waals surface area contributed by atoms with Crippen molar-refractivity contribution in [3.63, 3.8) is 0 Å². The van der Waals surface area contributed by atoms with Gasteiger partial charge in [-0.3, -0.25) is 9.59 Å². The number of nitrogens with zero attached hydrogens (tertiary/aromatic N) is 2. The summed E-state index contributed by atoms with van der Waals surface area (Å²) in [5, 5.41) is 13.3. The molecule has 9 heteroatoms. The molecular formula is C11H12N4O2S3. The van der Waals surface area contributed by atoms with E-state index in [9.17, 15) is 9.59 Å². The van der Waals surface area contributed by atoms with Crippen LogP contribution in [-0.2, 0) is 4.79 Å². The molecule has 0 aliphatic rings. The number of carbonyl (C=O) groups excluding carboxylic acids is 2. The van der Waals surface area contributed by atoms with Gasteiger partial charge in [0, 0.05) is 0 Å². The smallest absolute Gasteiger partial charge is 0.251 e. The van der Waals surface area contributed by atoms with Gasteiger partial charge in [0.2, 0.25) is 5.91 Å². The zero-order valence-corrected chi connectivity index (χ0v) is 13.2. The van der Waals surface area contributed by atoms with Crippen molar-refractivity contribution >= 4 is 51.3 Å². The molecule has 0 radical (unpaired) electrons. The number of primary amides is 1. The molecule has 2 aromatic heterocycles. The number of hydrogen-bond acceptors (Lipinski definition) is 7. The standard InChI is InChI=1S/C11H12N4O2S3/c1-5(19-11-15-14-6(2)20-11)9(17)13-10-7(8(12)16)3-4-18-10/h3-5H,1-2H3,(H2,12,16)(H,13,17). The van der Waals surface area contributed by atoms with Gasteiger partial charge in [0.15, 0.2) is 4.34 Å². The molecule has 2 heterocycles. The molecule has 2 aromatic rings. The van der Waals surface area contributed by atoms with Crippen LogP contribution in [0.15, 0.2) is 15.8 Å². The summed E-state index contributed by atoms with van der Waals surface area (Å²) < 4.78 is 0.742. The van der Waals surface area contributed by atoms with Crippen LogP contribution < -0.4 is 11.1 Å². The third kappa shape index (κ3) is 3.56. The maximum atomic E-state index is 12.1. The van der Waals surface area contributed by atoms with Gasteiger partial charge in [0.1, 0.15) is 10.0 Å². The Hall–Kier alpha value is -1.45. The van der Waals surface area contributed by atoms with E-state index in [0.717, 1.165) is 9.35 Å². The van der Waals surface area contributed by atoms with Crippen molar-refractivity contribution in [3.05, 3.63) is 22.0 Å². The summed E-state index contributed by atoms with van der Waals surface area (Å²) in [7, 11) is 0. The average Bonchev–Trinajstić information content (AvgIpc) is 2.98. The van der Waals surface area contributed by atoms with Crippen molar-refractivity contribution < 1.29 is 9.59 Å². The first kappa shape index (κ1) is 14.9. The third-order valence-corrected chi connectivity index (χ3v) is 5.17. The molecular weight excluding hydrogens is 316 g/mol. The number of amides is 2. The molecule has 0 aliphatic heterocycles. The number of anilines is 1. The summed E-state index contributed by atoms with van der Waals surface area (Å²) in [6.45, 7) is 3.63. The summed E-state index contributed by atoms with van der Waals surface area (Å²) in [5.74, 6) is -0.755. The minimum absolute atomic E-state index is 0.201. The van der Waals surface area contributed by atoms with E-state index in [1.54, 1.807) is 18.4 Å². The normalized spacial score (nSPS) is 12.1. The molecule has 20 heavy (non-hydrogen) atoms. The van der Waals surface area contributed by atoms with Gasteiger partial charge in [-0.1, -0.05) is 23.1 Å². The molecule has 0 saturated heterocycles. The quantitative estimate of drug-likeness (QED) is 0.819. The van der Waals surface area contributed by atoms with Gasteiger partial charge in [-0.25, -0.2) is 0 Å². The highest BCUT2D eigenvalue weighted by atomic mass is 32.2. The van der Waals surface area contributed by atoms with Gasteiger partial charge in [-0.15, -0.1) is 21.5 Å².